The van der Waals surface area contributed by atoms with Crippen LogP contribution in [0.15, 0.2) is 42.7 Å². The fourth-order valence-corrected chi connectivity index (χ4v) is 3.29. The number of aromatic nitrogens is 3. The van der Waals surface area contributed by atoms with Gasteiger partial charge in [-0.1, -0.05) is 6.07 Å². The Morgan fingerprint density at radius 1 is 1.12 bits per heavy atom. The molecular weight excluding hydrogens is 330 g/mol. The molecule has 1 fully saturated rings. The first-order chi connectivity index (χ1) is 12.6. The van der Waals surface area contributed by atoms with Crippen molar-refractivity contribution in [2.45, 2.75) is 6.92 Å². The number of hydrogen-bond donors (Lipinski definition) is 0. The third-order valence-corrected chi connectivity index (χ3v) is 4.65. The van der Waals surface area contributed by atoms with E-state index in [4.69, 9.17) is 4.74 Å². The van der Waals surface area contributed by atoms with Gasteiger partial charge in [-0.25, -0.2) is 4.98 Å². The third kappa shape index (κ3) is 3.08. The summed E-state index contributed by atoms with van der Waals surface area (Å²) in [6.07, 6.45) is 3.84. The molecule has 0 bridgehead atoms. The molecule has 3 aromatic heterocycles. The van der Waals surface area contributed by atoms with Gasteiger partial charge in [0.05, 0.1) is 12.7 Å². The number of aryl methyl sites for hydroxylation is 1. The number of anilines is 1. The number of nitrogens with zero attached hydrogens (tertiary/aromatic N) is 5. The Balaban J connectivity index is 1.46. The molecule has 0 N–H and O–H groups in total. The zero-order valence-corrected chi connectivity index (χ0v) is 14.9. The minimum atomic E-state index is 0.0739. The van der Waals surface area contributed by atoms with Crippen molar-refractivity contribution >= 4 is 17.2 Å². The molecule has 0 saturated carbocycles. The zero-order valence-electron chi connectivity index (χ0n) is 14.9. The van der Waals surface area contributed by atoms with E-state index in [1.165, 1.54) is 0 Å². The molecule has 4 rings (SSSR count). The lowest BCUT2D eigenvalue weighted by molar-refractivity contribution is 0.0746. The summed E-state index contributed by atoms with van der Waals surface area (Å²) < 4.78 is 7.20. The maximum Gasteiger partial charge on any atom is 0.255 e. The highest BCUT2D eigenvalue weighted by Gasteiger charge is 2.24. The summed E-state index contributed by atoms with van der Waals surface area (Å²) in [6.45, 7) is 4.65. The molecule has 0 radical (unpaired) electrons. The van der Waals surface area contributed by atoms with Crippen molar-refractivity contribution in [3.8, 4) is 5.88 Å². The van der Waals surface area contributed by atoms with Gasteiger partial charge in [0, 0.05) is 50.2 Å². The largest absolute Gasteiger partial charge is 0.481 e. The molecule has 0 aromatic carbocycles. The van der Waals surface area contributed by atoms with Crippen LogP contribution in [0.25, 0.3) is 5.52 Å². The maximum absolute atomic E-state index is 12.8. The topological polar surface area (TPSA) is 63.0 Å². The number of ether oxygens (including phenoxy) is 1. The summed E-state index contributed by atoms with van der Waals surface area (Å²) in [4.78, 5) is 25.6. The molecule has 0 atom stereocenters. The van der Waals surface area contributed by atoms with Gasteiger partial charge >= 0.3 is 0 Å². The van der Waals surface area contributed by atoms with Crippen LogP contribution in [0.2, 0.25) is 0 Å². The van der Waals surface area contributed by atoms with E-state index in [-0.39, 0.29) is 5.91 Å². The number of carbonyl (C=O) groups is 1. The van der Waals surface area contributed by atoms with Crippen molar-refractivity contribution in [2.75, 3.05) is 38.2 Å². The van der Waals surface area contributed by atoms with Gasteiger partial charge in [-0.3, -0.25) is 4.79 Å². The lowest BCUT2D eigenvalue weighted by Crippen LogP contribution is -2.49. The Bertz CT molecular complexity index is 911. The number of hydrogen-bond acceptors (Lipinski definition) is 5. The molecule has 0 unspecified atom stereocenters. The number of methoxy groups -OCH3 is 1. The van der Waals surface area contributed by atoms with Gasteiger partial charge in [0.1, 0.15) is 11.6 Å². The predicted molar refractivity (Wildman–Crippen MR) is 98.8 cm³/mol. The molecule has 1 aliphatic rings. The van der Waals surface area contributed by atoms with Crippen molar-refractivity contribution in [1.29, 1.82) is 0 Å². The molecule has 26 heavy (non-hydrogen) atoms. The van der Waals surface area contributed by atoms with E-state index in [0.717, 1.165) is 30.0 Å². The smallest absolute Gasteiger partial charge is 0.255 e. The molecule has 7 heteroatoms. The average molecular weight is 351 g/mol. The van der Waals surface area contributed by atoms with E-state index in [1.54, 1.807) is 7.11 Å². The molecule has 1 amide bonds. The van der Waals surface area contributed by atoms with E-state index in [9.17, 15) is 4.79 Å². The SMILES string of the molecule is COc1cc(N2CCN(C(=O)c3cc4ccccn4c3)CC2)nc(C)n1. The Morgan fingerprint density at radius 2 is 1.92 bits per heavy atom. The van der Waals surface area contributed by atoms with Gasteiger partial charge < -0.3 is 18.9 Å². The van der Waals surface area contributed by atoms with Gasteiger partial charge in [-0.05, 0) is 25.1 Å². The molecule has 1 aliphatic heterocycles. The van der Waals surface area contributed by atoms with Crippen LogP contribution < -0.4 is 9.64 Å². The first-order valence-corrected chi connectivity index (χ1v) is 8.65. The molecule has 1 saturated heterocycles. The minimum Gasteiger partial charge on any atom is -0.481 e. The average Bonchev–Trinajstić information content (AvgIpc) is 3.11. The Morgan fingerprint density at radius 3 is 2.65 bits per heavy atom. The van der Waals surface area contributed by atoms with Crippen LogP contribution in [-0.2, 0) is 0 Å². The summed E-state index contributed by atoms with van der Waals surface area (Å²) in [6, 6.07) is 9.70. The fraction of sp³-hybridized carbons (Fsp3) is 0.316. The Hall–Kier alpha value is -3.09. The number of piperazine rings is 1. The molecule has 4 heterocycles. The lowest BCUT2D eigenvalue weighted by atomic mass is 10.2. The Labute approximate surface area is 151 Å². The van der Waals surface area contributed by atoms with Crippen LogP contribution >= 0.6 is 0 Å². The van der Waals surface area contributed by atoms with Crippen LogP contribution in [0, 0.1) is 6.92 Å². The zero-order chi connectivity index (χ0) is 18.1. The quantitative estimate of drug-likeness (QED) is 0.722. The second-order valence-corrected chi connectivity index (χ2v) is 6.36. The third-order valence-electron chi connectivity index (χ3n) is 4.65. The van der Waals surface area contributed by atoms with Gasteiger partial charge in [-0.15, -0.1) is 0 Å². The monoisotopic (exact) mass is 351 g/mol. The van der Waals surface area contributed by atoms with Crippen molar-refractivity contribution in [3.63, 3.8) is 0 Å². The number of carbonyl (C=O) groups excluding carboxylic acids is 1. The van der Waals surface area contributed by atoms with Crippen LogP contribution in [-0.4, -0.2) is 58.5 Å². The van der Waals surface area contributed by atoms with Gasteiger partial charge in [0.2, 0.25) is 5.88 Å². The highest BCUT2D eigenvalue weighted by atomic mass is 16.5. The molecule has 7 nitrogen and oxygen atoms in total. The fourth-order valence-electron chi connectivity index (χ4n) is 3.29. The number of amides is 1. The summed E-state index contributed by atoms with van der Waals surface area (Å²) in [5.41, 5.74) is 1.75. The highest BCUT2D eigenvalue weighted by molar-refractivity contribution is 5.95. The van der Waals surface area contributed by atoms with Gasteiger partial charge in [-0.2, -0.15) is 4.98 Å². The van der Waals surface area contributed by atoms with Crippen LogP contribution in [0.4, 0.5) is 5.82 Å². The second-order valence-electron chi connectivity index (χ2n) is 6.36. The standard InChI is InChI=1S/C19H21N5O2/c1-14-20-17(12-18(21-14)26-2)22-7-9-23(10-8-22)19(25)15-11-16-5-3-4-6-24(16)13-15/h3-6,11-13H,7-10H2,1-2H3. The lowest BCUT2D eigenvalue weighted by Gasteiger charge is -2.35. The molecule has 3 aromatic rings. The van der Waals surface area contributed by atoms with Crippen molar-refractivity contribution in [2.24, 2.45) is 0 Å². The number of fused-ring (bicyclic) bond motifs is 1. The van der Waals surface area contributed by atoms with Crippen molar-refractivity contribution in [1.82, 2.24) is 19.3 Å². The molecule has 134 valence electrons. The first-order valence-electron chi connectivity index (χ1n) is 8.65. The highest BCUT2D eigenvalue weighted by Crippen LogP contribution is 2.20. The van der Waals surface area contributed by atoms with Crippen molar-refractivity contribution in [3.05, 3.63) is 54.1 Å². The normalized spacial score (nSPS) is 14.7. The number of pyridine rings is 1. The van der Waals surface area contributed by atoms with E-state index >= 15 is 0 Å². The predicted octanol–water partition coefficient (Wildman–Crippen LogP) is 2.01. The van der Waals surface area contributed by atoms with Gasteiger partial charge in [0.15, 0.2) is 0 Å². The number of rotatable bonds is 3. The minimum absolute atomic E-state index is 0.0739. The van der Waals surface area contributed by atoms with E-state index in [1.807, 2.05) is 58.9 Å². The van der Waals surface area contributed by atoms with E-state index < -0.39 is 0 Å². The van der Waals surface area contributed by atoms with Crippen LogP contribution in [0.3, 0.4) is 0 Å². The summed E-state index contributed by atoms with van der Waals surface area (Å²) in [7, 11) is 1.60. The van der Waals surface area contributed by atoms with E-state index in [2.05, 4.69) is 14.9 Å². The molecule has 0 aliphatic carbocycles. The van der Waals surface area contributed by atoms with Crippen LogP contribution in [0.1, 0.15) is 16.2 Å². The molecule has 0 spiro atoms. The second kappa shape index (κ2) is 6.67. The first kappa shape index (κ1) is 16.4. The maximum atomic E-state index is 12.8. The summed E-state index contributed by atoms with van der Waals surface area (Å²) >= 11 is 0. The van der Waals surface area contributed by atoms with Crippen molar-refractivity contribution < 1.29 is 9.53 Å². The molecular formula is C19H21N5O2. The van der Waals surface area contributed by atoms with Gasteiger partial charge in [0.25, 0.3) is 5.91 Å². The van der Waals surface area contributed by atoms with Crippen LogP contribution in [0.5, 0.6) is 5.88 Å². The van der Waals surface area contributed by atoms with E-state index in [0.29, 0.717) is 24.8 Å². The Kier molecular flexibility index (Phi) is 4.20. The summed E-state index contributed by atoms with van der Waals surface area (Å²) in [5, 5.41) is 0. The summed E-state index contributed by atoms with van der Waals surface area (Å²) in [5.74, 6) is 2.16.